The molecule has 0 unspecified atom stereocenters. The summed E-state index contributed by atoms with van der Waals surface area (Å²) in [4.78, 5) is 54.4. The van der Waals surface area contributed by atoms with Gasteiger partial charge < -0.3 is 68.0 Å². The van der Waals surface area contributed by atoms with Crippen molar-refractivity contribution in [2.45, 2.75) is 221 Å². The summed E-state index contributed by atoms with van der Waals surface area (Å²) in [6.07, 6.45) is 17.5. The van der Waals surface area contributed by atoms with Gasteiger partial charge in [-0.15, -0.1) is 0 Å². The first-order valence-corrected chi connectivity index (χ1v) is 43.5. The normalized spacial score (nSPS) is 28.0. The number of benzene rings is 2. The first-order chi connectivity index (χ1) is 55.3. The minimum atomic E-state index is -4.77. The molecule has 12 bridgehead atoms. The summed E-state index contributed by atoms with van der Waals surface area (Å²) >= 11 is 14.7. The van der Waals surface area contributed by atoms with Crippen molar-refractivity contribution in [2.24, 2.45) is 59.0 Å². The average Bonchev–Trinajstić information content (AvgIpc) is 1.71. The van der Waals surface area contributed by atoms with Gasteiger partial charge in [0.25, 0.3) is 11.8 Å². The van der Waals surface area contributed by atoms with E-state index in [1.807, 2.05) is 0 Å². The molecule has 116 heavy (non-hydrogen) atoms. The SMILES string of the molecule is BrC12CC3CC(CC(C3)C1)C2.CC1(C)C(=O)N(c2ccc(C#N)c(C(F)(F)F)c2)C(=S)N1CCCC(=O)CCCOCCOCCOCCOCCOC12CC3CC(CC(C3)C1)C2.CC1(C)C(=O)N(c2ccc(C#N)c(C(F)(F)F)c2)C(=S)N1CCCC(=O)O.NCCOCCOCCOCCOCCOC12CC3CC(CC(C3)C1)C2. The predicted molar refractivity (Wildman–Crippen MR) is 434 cm³/mol. The van der Waals surface area contributed by atoms with Crippen molar-refractivity contribution in [3.8, 4) is 12.1 Å². The van der Waals surface area contributed by atoms with E-state index in [9.17, 15) is 45.5 Å². The number of rotatable bonds is 42. The van der Waals surface area contributed by atoms with Gasteiger partial charge in [-0.05, 0) is 277 Å². The Bertz CT molecular complexity index is 3610. The topological polar surface area (TPSA) is 267 Å². The Kier molecular flexibility index (Phi) is 34.2. The number of nitrogens with two attached hydrogens (primary N) is 1. The van der Waals surface area contributed by atoms with Gasteiger partial charge in [0.1, 0.15) is 16.9 Å². The summed E-state index contributed by atoms with van der Waals surface area (Å²) in [6, 6.07) is 9.05. The van der Waals surface area contributed by atoms with Gasteiger partial charge in [-0.3, -0.25) is 29.0 Å². The summed E-state index contributed by atoms with van der Waals surface area (Å²) in [6.45, 7) is 17.4. The highest BCUT2D eigenvalue weighted by molar-refractivity contribution is 9.10. The molecule has 12 aliphatic carbocycles. The van der Waals surface area contributed by atoms with Crippen LogP contribution >= 0.6 is 40.4 Å². The fraction of sp³-hybridized carbons (Fsp3) is 0.765. The van der Waals surface area contributed by atoms with E-state index in [0.717, 1.165) is 93.9 Å². The van der Waals surface area contributed by atoms with E-state index in [2.05, 4.69) is 15.9 Å². The van der Waals surface area contributed by atoms with Crippen LogP contribution in [0.25, 0.3) is 0 Å². The number of aliphatic carboxylic acids is 1. The summed E-state index contributed by atoms with van der Waals surface area (Å²) in [7, 11) is 0. The number of carboxylic acids is 1. The number of alkyl halides is 7. The fourth-order valence-corrected chi connectivity index (χ4v) is 23.3. The van der Waals surface area contributed by atoms with E-state index >= 15 is 0 Å². The number of thiocarbonyl (C=S) groups is 2. The molecule has 0 radical (unpaired) electrons. The Balaban J connectivity index is 0.000000185. The van der Waals surface area contributed by atoms with Crippen molar-refractivity contribution in [3.63, 3.8) is 0 Å². The molecule has 0 aromatic heterocycles. The van der Waals surface area contributed by atoms with Crippen molar-refractivity contribution in [2.75, 3.05) is 148 Å². The van der Waals surface area contributed by atoms with Gasteiger partial charge in [-0.25, -0.2) is 0 Å². The van der Waals surface area contributed by atoms with Gasteiger partial charge in [0.15, 0.2) is 10.2 Å². The van der Waals surface area contributed by atoms with Gasteiger partial charge in [-0.1, -0.05) is 15.9 Å². The summed E-state index contributed by atoms with van der Waals surface area (Å²) < 4.78 is 138. The molecule has 3 N–H and O–H groups in total. The predicted octanol–water partition coefficient (Wildman–Crippen LogP) is 15.0. The second-order valence-electron chi connectivity index (χ2n) is 34.8. The summed E-state index contributed by atoms with van der Waals surface area (Å²) in [5.74, 6) is 6.78. The Hall–Kier alpha value is -5.10. The lowest BCUT2D eigenvalue weighted by Crippen LogP contribution is -2.52. The molecule has 2 saturated heterocycles. The lowest BCUT2D eigenvalue weighted by molar-refractivity contribution is -0.169. The first kappa shape index (κ1) is 93.2. The monoisotopic (exact) mass is 1740 g/mol. The summed E-state index contributed by atoms with van der Waals surface area (Å²) in [5, 5.41) is 26.8. The van der Waals surface area contributed by atoms with E-state index in [1.54, 1.807) is 51.9 Å². The summed E-state index contributed by atoms with van der Waals surface area (Å²) in [5.41, 5.74) is -0.137. The molecule has 14 fully saturated rings. The molecule has 0 atom stereocenters. The molecular formula is C85H120BrF6N7O15S2. The standard InChI is InChI=1S/C38H52F3N3O7S.C20H37NO5.C17H16F3N3O3S.C10H15Br/c1-36(2)34(46)44(31-8-7-30(26-42)33(22-31)38(39,40)41)35(52)43(36)9-3-5-32(45)6-4-10-47-11-12-48-13-14-49-15-16-50-17-18-51-37-23-27-19-28(24-37)21-29(20-27)25-37;21-1-2-22-3-4-23-5-6-24-7-8-25-9-10-26-20-14-17-11-18(15-20)13-19(12-17)16-20;1-16(2)14(26)23(15(27)22(16)7-3-4-13(24)25)11-6-5-10(9-21)12(8-11)17(18,19)20;11-10-4-7-1-8(5-10)3-9(2-7)6-10/h7-8,22,27-29H,3-6,9-21,23-25H2,1-2H3;17-19H,1-16,21H2;5-6,8H,3-4,7H2,1-2H3,(H,24,25);7-9H,1-6H2. The highest BCUT2D eigenvalue weighted by Crippen LogP contribution is 2.60. The second-order valence-corrected chi connectivity index (χ2v) is 37.3. The molecule has 646 valence electrons. The van der Waals surface area contributed by atoms with E-state index in [0.29, 0.717) is 142 Å². The third-order valence-electron chi connectivity index (χ3n) is 25.1. The number of hydrogen-bond acceptors (Lipinski definition) is 19. The van der Waals surface area contributed by atoms with Gasteiger partial charge >= 0.3 is 18.3 Å². The molecule has 2 amide bonds. The Morgan fingerprint density at radius 1 is 0.466 bits per heavy atom. The number of nitriles is 2. The molecule has 22 nitrogen and oxygen atoms in total. The number of Topliss-reactive ketones (excluding diaryl/α,β-unsaturated/α-hetero) is 1. The number of ketones is 1. The highest BCUT2D eigenvalue weighted by Gasteiger charge is 2.56. The first-order valence-electron chi connectivity index (χ1n) is 41.8. The van der Waals surface area contributed by atoms with E-state index in [4.69, 9.17) is 93.2 Å². The van der Waals surface area contributed by atoms with Crippen LogP contribution < -0.4 is 15.5 Å². The zero-order valence-electron chi connectivity index (χ0n) is 67.9. The maximum absolute atomic E-state index is 13.5. The van der Waals surface area contributed by atoms with Crippen LogP contribution in [0, 0.1) is 75.9 Å². The van der Waals surface area contributed by atoms with Crippen molar-refractivity contribution in [1.29, 1.82) is 10.5 Å². The lowest BCUT2D eigenvalue weighted by Gasteiger charge is -2.56. The number of hydrogen-bond donors (Lipinski definition) is 2. The van der Waals surface area contributed by atoms with Gasteiger partial charge in [0.2, 0.25) is 0 Å². The van der Waals surface area contributed by atoms with Crippen molar-refractivity contribution >= 4 is 85.5 Å². The molecule has 2 heterocycles. The Morgan fingerprint density at radius 3 is 1.04 bits per heavy atom. The zero-order chi connectivity index (χ0) is 83.5. The Morgan fingerprint density at radius 2 is 0.750 bits per heavy atom. The fourth-order valence-electron chi connectivity index (χ4n) is 20.9. The number of carboxylic acid groups (broad SMARTS) is 1. The van der Waals surface area contributed by atoms with Gasteiger partial charge in [0.05, 0.1) is 169 Å². The van der Waals surface area contributed by atoms with E-state index in [-0.39, 0.29) is 70.9 Å². The number of anilines is 2. The molecule has 16 rings (SSSR count). The van der Waals surface area contributed by atoms with Crippen LogP contribution in [0.15, 0.2) is 36.4 Å². The molecule has 2 aromatic carbocycles. The number of carbonyl (C=O) groups is 4. The van der Waals surface area contributed by atoms with Crippen LogP contribution in [-0.2, 0) is 78.9 Å². The third-order valence-corrected chi connectivity index (χ3v) is 26.8. The zero-order valence-corrected chi connectivity index (χ0v) is 71.1. The van der Waals surface area contributed by atoms with Crippen LogP contribution in [0.3, 0.4) is 0 Å². The highest BCUT2D eigenvalue weighted by atomic mass is 79.9. The van der Waals surface area contributed by atoms with Gasteiger partial charge in [0, 0.05) is 49.8 Å². The number of nitrogens with zero attached hydrogens (tertiary/aromatic N) is 6. The minimum Gasteiger partial charge on any atom is -0.481 e. The molecule has 0 spiro atoms. The quantitative estimate of drug-likeness (QED) is 0.0271. The van der Waals surface area contributed by atoms with Crippen molar-refractivity contribution < 1.29 is 98.0 Å². The van der Waals surface area contributed by atoms with Crippen LogP contribution in [0.4, 0.5) is 37.7 Å². The lowest BCUT2D eigenvalue weighted by atomic mass is 9.54. The third kappa shape index (κ3) is 25.5. The molecule has 2 aliphatic heterocycles. The number of carbonyl (C=O) groups excluding carboxylic acids is 3. The van der Waals surface area contributed by atoms with Gasteiger partial charge in [-0.2, -0.15) is 36.9 Å². The second kappa shape index (κ2) is 42.6. The number of amides is 2. The van der Waals surface area contributed by atoms with E-state index in [1.165, 1.54) is 125 Å². The number of halogens is 7. The van der Waals surface area contributed by atoms with E-state index < -0.39 is 63.5 Å². The average molecular weight is 1740 g/mol. The number of ether oxygens (including phenoxy) is 10. The molecule has 31 heteroatoms. The smallest absolute Gasteiger partial charge is 0.417 e. The molecule has 14 aliphatic rings. The largest absolute Gasteiger partial charge is 0.481 e. The van der Waals surface area contributed by atoms with Crippen LogP contribution in [0.2, 0.25) is 0 Å². The van der Waals surface area contributed by atoms with Crippen molar-refractivity contribution in [1.82, 2.24) is 9.80 Å². The maximum atomic E-state index is 13.5. The maximum Gasteiger partial charge on any atom is 0.417 e. The van der Waals surface area contributed by atoms with Crippen molar-refractivity contribution in [3.05, 3.63) is 58.7 Å². The Labute approximate surface area is 698 Å². The van der Waals surface area contributed by atoms with Crippen LogP contribution in [-0.4, -0.2) is 214 Å². The van der Waals surface area contributed by atoms with Crippen LogP contribution in [0.5, 0.6) is 0 Å². The van der Waals surface area contributed by atoms with Crippen LogP contribution in [0.1, 0.15) is 204 Å². The molecule has 12 saturated carbocycles. The molecular weight excluding hydrogens is 1620 g/mol. The molecule has 2 aromatic rings. The minimum absolute atomic E-state index is 0.00628.